The zero-order valence-electron chi connectivity index (χ0n) is 11.6. The average Bonchev–Trinajstić information content (AvgIpc) is 2.47. The highest BCUT2D eigenvalue weighted by molar-refractivity contribution is 5.92. The van der Waals surface area contributed by atoms with Crippen LogP contribution in [0.25, 0.3) is 0 Å². The molecule has 1 aromatic rings. The molecule has 1 N–H and O–H groups in total. The van der Waals surface area contributed by atoms with E-state index in [9.17, 15) is 19.7 Å². The summed E-state index contributed by atoms with van der Waals surface area (Å²) in [6.45, 7) is 2.32. The van der Waals surface area contributed by atoms with Crippen LogP contribution in [0.15, 0.2) is 18.2 Å². The van der Waals surface area contributed by atoms with E-state index in [1.54, 1.807) is 0 Å². The Morgan fingerprint density at radius 3 is 2.64 bits per heavy atom. The number of benzene rings is 1. The van der Waals surface area contributed by atoms with Gasteiger partial charge in [0.1, 0.15) is 11.3 Å². The summed E-state index contributed by atoms with van der Waals surface area (Å²) in [4.78, 5) is 34.6. The van der Waals surface area contributed by atoms with E-state index in [4.69, 9.17) is 14.6 Å². The molecule has 0 atom stereocenters. The molecule has 9 nitrogen and oxygen atoms in total. The van der Waals surface area contributed by atoms with Gasteiger partial charge in [-0.25, -0.2) is 4.79 Å². The molecule has 0 spiro atoms. The molecule has 0 aromatic heterocycles. The van der Waals surface area contributed by atoms with E-state index < -0.39 is 28.1 Å². The molecular formula is C13H14N2O7. The summed E-state index contributed by atoms with van der Waals surface area (Å²) in [5.41, 5.74) is -1.08. The second kappa shape index (κ2) is 6.96. The smallest absolute Gasteiger partial charge is 0.342 e. The Bertz CT molecular complexity index is 596. The topological polar surface area (TPSA) is 119 Å². The molecule has 0 unspecified atom stereocenters. The molecule has 0 radical (unpaired) electrons. The van der Waals surface area contributed by atoms with E-state index in [2.05, 4.69) is 0 Å². The van der Waals surface area contributed by atoms with Crippen molar-refractivity contribution in [1.29, 1.82) is 0 Å². The van der Waals surface area contributed by atoms with Crippen molar-refractivity contribution in [3.8, 4) is 5.75 Å². The molecule has 9 heteroatoms. The van der Waals surface area contributed by atoms with Crippen LogP contribution in [0.1, 0.15) is 10.4 Å². The Balaban J connectivity index is 2.05. The number of aromatic carboxylic acids is 1. The molecule has 1 saturated heterocycles. The highest BCUT2D eigenvalue weighted by atomic mass is 16.6. The number of rotatable bonds is 5. The van der Waals surface area contributed by atoms with Crippen LogP contribution < -0.4 is 4.74 Å². The lowest BCUT2D eigenvalue weighted by Gasteiger charge is -2.25. The Labute approximate surface area is 125 Å². The van der Waals surface area contributed by atoms with Gasteiger partial charge in [0.25, 0.3) is 5.69 Å². The fourth-order valence-electron chi connectivity index (χ4n) is 2.01. The van der Waals surface area contributed by atoms with Crippen molar-refractivity contribution in [3.05, 3.63) is 33.9 Å². The first kappa shape index (κ1) is 15.9. The summed E-state index contributed by atoms with van der Waals surface area (Å²) in [5, 5.41) is 19.7. The number of nitro groups is 1. The fourth-order valence-corrected chi connectivity index (χ4v) is 2.01. The molecule has 22 heavy (non-hydrogen) atoms. The SMILES string of the molecule is O=C(CN1CCOCC1)Oc1ccc(C(=O)O)c([N+](=O)[O-])c1. The predicted molar refractivity (Wildman–Crippen MR) is 72.9 cm³/mol. The number of hydrogen-bond donors (Lipinski definition) is 1. The highest BCUT2D eigenvalue weighted by Crippen LogP contribution is 2.24. The number of carbonyl (C=O) groups is 2. The third kappa shape index (κ3) is 3.99. The Hall–Kier alpha value is -2.52. The van der Waals surface area contributed by atoms with Crippen molar-refractivity contribution >= 4 is 17.6 Å². The second-order valence-corrected chi connectivity index (χ2v) is 4.60. The van der Waals surface area contributed by atoms with E-state index in [1.165, 1.54) is 6.07 Å². The van der Waals surface area contributed by atoms with Crippen LogP contribution in [0.4, 0.5) is 5.69 Å². The van der Waals surface area contributed by atoms with Crippen LogP contribution in [0.2, 0.25) is 0 Å². The van der Waals surface area contributed by atoms with E-state index in [0.29, 0.717) is 26.3 Å². The third-order valence-corrected chi connectivity index (χ3v) is 3.08. The number of hydrogen-bond acceptors (Lipinski definition) is 7. The average molecular weight is 310 g/mol. The normalized spacial score (nSPS) is 15.3. The molecule has 1 aliphatic rings. The van der Waals surface area contributed by atoms with Crippen LogP contribution in [-0.2, 0) is 9.53 Å². The standard InChI is InChI=1S/C13H14N2O7/c16-12(8-14-3-5-21-6-4-14)22-9-1-2-10(13(17)18)11(7-9)15(19)20/h1-2,7H,3-6,8H2,(H,17,18). The van der Waals surface area contributed by atoms with Gasteiger partial charge in [-0.05, 0) is 12.1 Å². The number of esters is 1. The van der Waals surface area contributed by atoms with Crippen LogP contribution in [0.3, 0.4) is 0 Å². The summed E-state index contributed by atoms with van der Waals surface area (Å²) in [7, 11) is 0. The lowest BCUT2D eigenvalue weighted by Crippen LogP contribution is -2.40. The van der Waals surface area contributed by atoms with Crippen molar-refractivity contribution in [2.45, 2.75) is 0 Å². The number of morpholine rings is 1. The minimum atomic E-state index is -1.42. The number of ether oxygens (including phenoxy) is 2. The first-order valence-electron chi connectivity index (χ1n) is 6.50. The minimum Gasteiger partial charge on any atom is -0.477 e. The first-order chi connectivity index (χ1) is 10.5. The molecule has 0 aliphatic carbocycles. The molecule has 0 amide bonds. The molecule has 1 fully saturated rings. The van der Waals surface area contributed by atoms with Crippen LogP contribution in [0, 0.1) is 10.1 Å². The summed E-state index contributed by atoms with van der Waals surface area (Å²) in [6.07, 6.45) is 0. The molecule has 1 heterocycles. The van der Waals surface area contributed by atoms with Gasteiger partial charge in [-0.1, -0.05) is 0 Å². The third-order valence-electron chi connectivity index (χ3n) is 3.08. The quantitative estimate of drug-likeness (QED) is 0.362. The van der Waals surface area contributed by atoms with Crippen molar-refractivity contribution in [2.75, 3.05) is 32.8 Å². The van der Waals surface area contributed by atoms with E-state index in [1.807, 2.05) is 4.90 Å². The lowest BCUT2D eigenvalue weighted by atomic mass is 10.2. The zero-order chi connectivity index (χ0) is 16.1. The Morgan fingerprint density at radius 2 is 2.05 bits per heavy atom. The van der Waals surface area contributed by atoms with Gasteiger partial charge in [0, 0.05) is 13.1 Å². The van der Waals surface area contributed by atoms with Crippen molar-refractivity contribution in [2.24, 2.45) is 0 Å². The Morgan fingerprint density at radius 1 is 1.36 bits per heavy atom. The van der Waals surface area contributed by atoms with Gasteiger partial charge in [-0.3, -0.25) is 19.8 Å². The predicted octanol–water partition coefficient (Wildman–Crippen LogP) is 0.531. The van der Waals surface area contributed by atoms with Crippen LogP contribution >= 0.6 is 0 Å². The van der Waals surface area contributed by atoms with Crippen LogP contribution in [0.5, 0.6) is 5.75 Å². The van der Waals surface area contributed by atoms with Gasteiger partial charge in [0.05, 0.1) is 30.7 Å². The molecule has 0 saturated carbocycles. The van der Waals surface area contributed by atoms with Crippen molar-refractivity contribution in [1.82, 2.24) is 4.90 Å². The molecule has 2 rings (SSSR count). The van der Waals surface area contributed by atoms with E-state index >= 15 is 0 Å². The number of carboxylic acid groups (broad SMARTS) is 1. The largest absolute Gasteiger partial charge is 0.477 e. The molecule has 118 valence electrons. The van der Waals surface area contributed by atoms with Crippen LogP contribution in [-0.4, -0.2) is 59.7 Å². The first-order valence-corrected chi connectivity index (χ1v) is 6.50. The summed E-state index contributed by atoms with van der Waals surface area (Å²) in [6, 6.07) is 3.19. The van der Waals surface area contributed by atoms with Crippen molar-refractivity contribution < 1.29 is 29.1 Å². The number of carbonyl (C=O) groups excluding carboxylic acids is 1. The maximum Gasteiger partial charge on any atom is 0.342 e. The molecule has 0 bridgehead atoms. The van der Waals surface area contributed by atoms with E-state index in [0.717, 1.165) is 12.1 Å². The number of nitrogens with zero attached hydrogens (tertiary/aromatic N) is 2. The highest BCUT2D eigenvalue weighted by Gasteiger charge is 2.22. The molecule has 1 aromatic carbocycles. The van der Waals surface area contributed by atoms with Gasteiger partial charge in [0.15, 0.2) is 0 Å². The molecule has 1 aliphatic heterocycles. The number of nitro benzene ring substituents is 1. The summed E-state index contributed by atoms with van der Waals surface area (Å²) >= 11 is 0. The second-order valence-electron chi connectivity index (χ2n) is 4.60. The summed E-state index contributed by atoms with van der Waals surface area (Å²) in [5.74, 6) is -2.05. The Kier molecular flexibility index (Phi) is 5.02. The number of carboxylic acids is 1. The van der Waals surface area contributed by atoms with Gasteiger partial charge >= 0.3 is 11.9 Å². The minimum absolute atomic E-state index is 0.0395. The maximum absolute atomic E-state index is 11.8. The monoisotopic (exact) mass is 310 g/mol. The van der Waals surface area contributed by atoms with E-state index in [-0.39, 0.29) is 12.3 Å². The van der Waals surface area contributed by atoms with Gasteiger partial charge in [0.2, 0.25) is 0 Å². The zero-order valence-corrected chi connectivity index (χ0v) is 11.6. The van der Waals surface area contributed by atoms with Gasteiger partial charge in [-0.2, -0.15) is 0 Å². The van der Waals surface area contributed by atoms with Gasteiger partial charge in [-0.15, -0.1) is 0 Å². The summed E-state index contributed by atoms with van der Waals surface area (Å²) < 4.78 is 10.2. The maximum atomic E-state index is 11.8. The van der Waals surface area contributed by atoms with Crippen molar-refractivity contribution in [3.63, 3.8) is 0 Å². The fraction of sp³-hybridized carbons (Fsp3) is 0.385. The van der Waals surface area contributed by atoms with Gasteiger partial charge < -0.3 is 14.6 Å². The lowest BCUT2D eigenvalue weighted by molar-refractivity contribution is -0.385. The molecular weight excluding hydrogens is 296 g/mol.